The first-order valence-corrected chi connectivity index (χ1v) is 6.02. The van der Waals surface area contributed by atoms with E-state index < -0.39 is 0 Å². The van der Waals surface area contributed by atoms with Gasteiger partial charge in [-0.1, -0.05) is 0 Å². The van der Waals surface area contributed by atoms with Crippen LogP contribution in [0.4, 0.5) is 0 Å². The molecule has 0 aliphatic rings. The lowest BCUT2D eigenvalue weighted by Gasteiger charge is -1.96. The molecular weight excluding hydrogens is 212 g/mol. The van der Waals surface area contributed by atoms with Crippen molar-refractivity contribution in [3.05, 3.63) is 33.5 Å². The van der Waals surface area contributed by atoms with Gasteiger partial charge in [-0.25, -0.2) is 0 Å². The summed E-state index contributed by atoms with van der Waals surface area (Å²) in [7, 11) is 0. The molecule has 2 heterocycles. The standard InChI is InChI=1S/C11H10OS2/c1-7-3-4-13-10(7)11-8(2)5-9(6-12)14-11/h3-6H,1-2H3. The Morgan fingerprint density at radius 1 is 1.21 bits per heavy atom. The summed E-state index contributed by atoms with van der Waals surface area (Å²) in [5.41, 5.74) is 2.49. The lowest BCUT2D eigenvalue weighted by atomic mass is 10.2. The normalized spacial score (nSPS) is 10.4. The van der Waals surface area contributed by atoms with Crippen LogP contribution < -0.4 is 0 Å². The molecule has 0 amide bonds. The van der Waals surface area contributed by atoms with Gasteiger partial charge >= 0.3 is 0 Å². The van der Waals surface area contributed by atoms with Crippen molar-refractivity contribution in [2.45, 2.75) is 13.8 Å². The van der Waals surface area contributed by atoms with Crippen molar-refractivity contribution in [1.29, 1.82) is 0 Å². The molecule has 2 aromatic heterocycles. The van der Waals surface area contributed by atoms with Crippen LogP contribution in [0.15, 0.2) is 17.5 Å². The fourth-order valence-corrected chi connectivity index (χ4v) is 3.59. The van der Waals surface area contributed by atoms with Crippen molar-refractivity contribution >= 4 is 29.0 Å². The van der Waals surface area contributed by atoms with Crippen LogP contribution in [0.3, 0.4) is 0 Å². The third kappa shape index (κ3) is 1.53. The van der Waals surface area contributed by atoms with Gasteiger partial charge in [-0.15, -0.1) is 22.7 Å². The van der Waals surface area contributed by atoms with Gasteiger partial charge < -0.3 is 0 Å². The first-order chi connectivity index (χ1) is 6.72. The zero-order valence-electron chi connectivity index (χ0n) is 8.03. The number of hydrogen-bond donors (Lipinski definition) is 0. The summed E-state index contributed by atoms with van der Waals surface area (Å²) in [5, 5.41) is 2.09. The quantitative estimate of drug-likeness (QED) is 0.704. The molecule has 0 aliphatic heterocycles. The third-order valence-electron chi connectivity index (χ3n) is 2.12. The lowest BCUT2D eigenvalue weighted by Crippen LogP contribution is -1.72. The van der Waals surface area contributed by atoms with Crippen LogP contribution in [-0.2, 0) is 0 Å². The van der Waals surface area contributed by atoms with E-state index >= 15 is 0 Å². The lowest BCUT2D eigenvalue weighted by molar-refractivity contribution is 0.112. The second kappa shape index (κ2) is 3.67. The summed E-state index contributed by atoms with van der Waals surface area (Å²) in [6.45, 7) is 4.16. The highest BCUT2D eigenvalue weighted by Gasteiger charge is 2.10. The Balaban J connectivity index is 2.56. The number of carbonyl (C=O) groups is 1. The zero-order valence-corrected chi connectivity index (χ0v) is 9.67. The fourth-order valence-electron chi connectivity index (χ4n) is 1.40. The van der Waals surface area contributed by atoms with Gasteiger partial charge in [0.05, 0.1) is 4.88 Å². The van der Waals surface area contributed by atoms with Crippen LogP contribution in [0.25, 0.3) is 9.75 Å². The van der Waals surface area contributed by atoms with Crippen LogP contribution in [0.2, 0.25) is 0 Å². The molecule has 0 aliphatic carbocycles. The Morgan fingerprint density at radius 3 is 2.50 bits per heavy atom. The molecule has 0 spiro atoms. The maximum absolute atomic E-state index is 10.6. The molecule has 72 valence electrons. The molecule has 0 N–H and O–H groups in total. The molecule has 0 radical (unpaired) electrons. The number of aryl methyl sites for hydroxylation is 2. The summed E-state index contributed by atoms with van der Waals surface area (Å²) >= 11 is 3.31. The van der Waals surface area contributed by atoms with E-state index in [-0.39, 0.29) is 0 Å². The van der Waals surface area contributed by atoms with Gasteiger partial charge in [-0.05, 0) is 42.5 Å². The predicted molar refractivity (Wildman–Crippen MR) is 62.5 cm³/mol. The van der Waals surface area contributed by atoms with E-state index in [9.17, 15) is 4.79 Å². The van der Waals surface area contributed by atoms with E-state index in [1.54, 1.807) is 22.7 Å². The van der Waals surface area contributed by atoms with E-state index in [0.717, 1.165) is 11.2 Å². The highest BCUT2D eigenvalue weighted by atomic mass is 32.1. The second-order valence-corrected chi connectivity index (χ2v) is 5.21. The van der Waals surface area contributed by atoms with Crippen molar-refractivity contribution < 1.29 is 4.79 Å². The average molecular weight is 222 g/mol. The van der Waals surface area contributed by atoms with Crippen molar-refractivity contribution in [3.63, 3.8) is 0 Å². The smallest absolute Gasteiger partial charge is 0.160 e. The molecule has 0 aromatic carbocycles. The maximum Gasteiger partial charge on any atom is 0.160 e. The predicted octanol–water partition coefficient (Wildman–Crippen LogP) is 3.91. The summed E-state index contributed by atoms with van der Waals surface area (Å²) in [4.78, 5) is 14.0. The number of hydrogen-bond acceptors (Lipinski definition) is 3. The van der Waals surface area contributed by atoms with Crippen LogP contribution in [0.5, 0.6) is 0 Å². The van der Waals surface area contributed by atoms with Gasteiger partial charge in [0.15, 0.2) is 6.29 Å². The number of thiophene rings is 2. The van der Waals surface area contributed by atoms with Crippen molar-refractivity contribution in [2.24, 2.45) is 0 Å². The largest absolute Gasteiger partial charge is 0.297 e. The Hall–Kier alpha value is -0.930. The molecule has 1 nitrogen and oxygen atoms in total. The van der Waals surface area contributed by atoms with E-state index in [2.05, 4.69) is 25.3 Å². The Morgan fingerprint density at radius 2 is 2.00 bits per heavy atom. The Kier molecular flexibility index (Phi) is 2.52. The monoisotopic (exact) mass is 222 g/mol. The summed E-state index contributed by atoms with van der Waals surface area (Å²) in [6, 6.07) is 4.06. The molecule has 0 saturated carbocycles. The maximum atomic E-state index is 10.6. The first-order valence-electron chi connectivity index (χ1n) is 4.32. The molecule has 0 unspecified atom stereocenters. The van der Waals surface area contributed by atoms with Gasteiger partial charge in [-0.2, -0.15) is 0 Å². The van der Waals surface area contributed by atoms with E-state index in [1.807, 2.05) is 6.07 Å². The minimum atomic E-state index is 0.810. The average Bonchev–Trinajstić information content (AvgIpc) is 2.72. The van der Waals surface area contributed by atoms with Gasteiger partial charge in [0, 0.05) is 9.75 Å². The van der Waals surface area contributed by atoms with Crippen molar-refractivity contribution in [3.8, 4) is 9.75 Å². The van der Waals surface area contributed by atoms with E-state index in [1.165, 1.54) is 20.9 Å². The molecule has 0 bridgehead atoms. The van der Waals surface area contributed by atoms with E-state index in [0.29, 0.717) is 0 Å². The molecule has 0 atom stereocenters. The second-order valence-electron chi connectivity index (χ2n) is 3.21. The number of rotatable bonds is 2. The zero-order chi connectivity index (χ0) is 10.1. The van der Waals surface area contributed by atoms with Crippen molar-refractivity contribution in [2.75, 3.05) is 0 Å². The minimum Gasteiger partial charge on any atom is -0.297 e. The molecule has 0 fully saturated rings. The molecule has 14 heavy (non-hydrogen) atoms. The molecule has 3 heteroatoms. The number of carbonyl (C=O) groups excluding carboxylic acids is 1. The third-order valence-corrected chi connectivity index (χ3v) is 4.46. The van der Waals surface area contributed by atoms with Gasteiger partial charge in [0.2, 0.25) is 0 Å². The highest BCUT2D eigenvalue weighted by molar-refractivity contribution is 7.22. The van der Waals surface area contributed by atoms with Crippen LogP contribution >= 0.6 is 22.7 Å². The van der Waals surface area contributed by atoms with Gasteiger partial charge in [-0.3, -0.25) is 4.79 Å². The van der Waals surface area contributed by atoms with Gasteiger partial charge in [0.1, 0.15) is 0 Å². The van der Waals surface area contributed by atoms with Crippen LogP contribution in [0.1, 0.15) is 20.8 Å². The molecule has 0 saturated heterocycles. The first kappa shape index (κ1) is 9.62. The van der Waals surface area contributed by atoms with Crippen molar-refractivity contribution in [1.82, 2.24) is 0 Å². The summed E-state index contributed by atoms with van der Waals surface area (Å²) < 4.78 is 0. The summed E-state index contributed by atoms with van der Waals surface area (Å²) in [6.07, 6.45) is 0.921. The van der Waals surface area contributed by atoms with Crippen LogP contribution in [0, 0.1) is 13.8 Å². The molecular formula is C11H10OS2. The SMILES string of the molecule is Cc1ccsc1-c1sc(C=O)cc1C. The Labute approximate surface area is 91.0 Å². The fraction of sp³-hybridized carbons (Fsp3) is 0.182. The topological polar surface area (TPSA) is 17.1 Å². The Bertz CT molecular complexity index is 465. The minimum absolute atomic E-state index is 0.810. The summed E-state index contributed by atoms with van der Waals surface area (Å²) in [5.74, 6) is 0. The molecule has 2 aromatic rings. The number of aldehydes is 1. The highest BCUT2D eigenvalue weighted by Crippen LogP contribution is 2.36. The van der Waals surface area contributed by atoms with Gasteiger partial charge in [0.25, 0.3) is 0 Å². The molecule has 2 rings (SSSR count). The van der Waals surface area contributed by atoms with Crippen LogP contribution in [-0.4, -0.2) is 6.29 Å². The van der Waals surface area contributed by atoms with E-state index in [4.69, 9.17) is 0 Å².